The first kappa shape index (κ1) is 46.2. The van der Waals surface area contributed by atoms with E-state index in [2.05, 4.69) is 61.8 Å². The van der Waals surface area contributed by atoms with Crippen LogP contribution >= 0.6 is 0 Å². The molecule has 0 aliphatic heterocycles. The van der Waals surface area contributed by atoms with E-state index in [1.54, 1.807) is 0 Å². The van der Waals surface area contributed by atoms with Crippen LogP contribution in [0.25, 0.3) is 0 Å². The van der Waals surface area contributed by atoms with Crippen molar-refractivity contribution in [2.75, 3.05) is 6.54 Å². The maximum atomic E-state index is 12.3. The summed E-state index contributed by atoms with van der Waals surface area (Å²) in [4.78, 5) is 23.5. The Morgan fingerprint density at radius 3 is 1.53 bits per heavy atom. The van der Waals surface area contributed by atoms with E-state index >= 15 is 0 Å². The molecule has 2 saturated carbocycles. The second kappa shape index (κ2) is 22.8. The first-order chi connectivity index (χ1) is 16.1. The predicted octanol–water partition coefficient (Wildman–Crippen LogP) is 8.15. The van der Waals surface area contributed by atoms with Crippen molar-refractivity contribution in [1.29, 1.82) is 0 Å². The van der Waals surface area contributed by atoms with Crippen molar-refractivity contribution in [3.63, 3.8) is 0 Å². The van der Waals surface area contributed by atoms with Gasteiger partial charge in [0.25, 0.3) is 0 Å². The second-order valence-corrected chi connectivity index (χ2v) is 13.2. The van der Waals surface area contributed by atoms with E-state index in [-0.39, 0.29) is 82.9 Å². The van der Waals surface area contributed by atoms with Crippen molar-refractivity contribution >= 4 is 11.8 Å². The SMILES string of the molecule is CC(C)C1CCC(C)(C)CC1C(=O)O.C[CH-]CCC(=O)C1CC(C)(C)CCC1C(C)C.C[CH-]CN.N.[Y].[Y]. The average molecular weight is 689 g/mol. The van der Waals surface area contributed by atoms with Gasteiger partial charge in [-0.05, 0) is 79.4 Å². The van der Waals surface area contributed by atoms with Gasteiger partial charge in [-0.1, -0.05) is 55.4 Å². The number of hydrogen-bond acceptors (Lipinski definition) is 4. The third kappa shape index (κ3) is 17.9. The van der Waals surface area contributed by atoms with Crippen molar-refractivity contribution in [3.05, 3.63) is 12.8 Å². The molecule has 0 heterocycles. The summed E-state index contributed by atoms with van der Waals surface area (Å²) in [6, 6.07) is 0. The quantitative estimate of drug-likeness (QED) is 0.223. The topological polar surface area (TPSA) is 115 Å². The van der Waals surface area contributed by atoms with Gasteiger partial charge in [0.2, 0.25) is 0 Å². The van der Waals surface area contributed by atoms with Crippen LogP contribution in [-0.4, -0.2) is 23.4 Å². The Morgan fingerprint density at radius 1 is 0.842 bits per heavy atom. The van der Waals surface area contributed by atoms with Crippen LogP contribution in [0.15, 0.2) is 0 Å². The predicted molar refractivity (Wildman–Crippen MR) is 155 cm³/mol. The van der Waals surface area contributed by atoms with Crippen LogP contribution in [-0.2, 0) is 75.0 Å². The van der Waals surface area contributed by atoms with Gasteiger partial charge in [-0.15, -0.1) is 6.54 Å². The van der Waals surface area contributed by atoms with Crippen LogP contribution in [0.4, 0.5) is 0 Å². The Hall–Kier alpha value is 1.27. The van der Waals surface area contributed by atoms with E-state index in [1.165, 1.54) is 19.3 Å². The Bertz CT molecular complexity index is 622. The normalized spacial score (nSPS) is 25.2. The molecule has 0 aromatic heterocycles. The molecule has 2 aliphatic carbocycles. The zero-order valence-electron chi connectivity index (χ0n) is 26.7. The Balaban J connectivity index is -0.000000252. The van der Waals surface area contributed by atoms with Crippen molar-refractivity contribution in [3.8, 4) is 0 Å². The number of ketones is 1. The number of rotatable bonds is 8. The number of carboxylic acid groups (broad SMARTS) is 1. The maximum absolute atomic E-state index is 12.3. The summed E-state index contributed by atoms with van der Waals surface area (Å²) in [5, 5.41) is 9.19. The van der Waals surface area contributed by atoms with E-state index in [9.17, 15) is 14.7 Å². The minimum Gasteiger partial charge on any atom is -0.481 e. The summed E-state index contributed by atoms with van der Waals surface area (Å²) < 4.78 is 0. The van der Waals surface area contributed by atoms with Crippen molar-refractivity contribution in [1.82, 2.24) is 6.15 Å². The summed E-state index contributed by atoms with van der Waals surface area (Å²) in [6.45, 7) is 22.5. The van der Waals surface area contributed by atoms with Crippen LogP contribution in [0.5, 0.6) is 0 Å². The van der Waals surface area contributed by atoms with E-state index in [0.717, 1.165) is 32.1 Å². The number of Topliss-reactive ketones (excluding diaryl/α,β-unsaturated/α-hetero) is 1. The van der Waals surface area contributed by atoms with Crippen molar-refractivity contribution < 1.29 is 80.1 Å². The van der Waals surface area contributed by atoms with Gasteiger partial charge in [-0.2, -0.15) is 20.3 Å². The summed E-state index contributed by atoms with van der Waals surface area (Å²) >= 11 is 0. The number of unbranched alkanes of at least 4 members (excludes halogenated alkanes) is 1. The number of carbonyl (C=O) groups excluding carboxylic acids is 1. The fourth-order valence-corrected chi connectivity index (χ4v) is 5.91. The average Bonchev–Trinajstić information content (AvgIpc) is 2.76. The van der Waals surface area contributed by atoms with Crippen molar-refractivity contribution in [2.24, 2.45) is 52.1 Å². The molecule has 222 valence electrons. The molecular formula is C31H62N2O3Y2-2. The van der Waals surface area contributed by atoms with Gasteiger partial charge in [-0.25, -0.2) is 0 Å². The molecule has 4 atom stereocenters. The van der Waals surface area contributed by atoms with E-state index in [1.807, 2.05) is 20.3 Å². The molecule has 0 spiro atoms. The van der Waals surface area contributed by atoms with Crippen LogP contribution in [0.3, 0.4) is 0 Å². The number of nitrogens with two attached hydrogens (primary N) is 1. The minimum absolute atomic E-state index is 0. The Labute approximate surface area is 287 Å². The molecule has 6 N–H and O–H groups in total. The number of aliphatic carboxylic acids is 1. The van der Waals surface area contributed by atoms with Gasteiger partial charge in [0, 0.05) is 71.3 Å². The third-order valence-corrected chi connectivity index (χ3v) is 8.25. The Morgan fingerprint density at radius 2 is 1.21 bits per heavy atom. The van der Waals surface area contributed by atoms with E-state index in [0.29, 0.717) is 47.3 Å². The zero-order chi connectivity index (χ0) is 27.4. The van der Waals surface area contributed by atoms with E-state index < -0.39 is 5.97 Å². The molecule has 2 fully saturated rings. The van der Waals surface area contributed by atoms with Crippen LogP contribution in [0.1, 0.15) is 121 Å². The second-order valence-electron chi connectivity index (χ2n) is 13.2. The molecule has 38 heavy (non-hydrogen) atoms. The number of carbonyl (C=O) groups is 2. The molecule has 5 nitrogen and oxygen atoms in total. The van der Waals surface area contributed by atoms with Crippen LogP contribution < -0.4 is 11.9 Å². The first-order valence-corrected chi connectivity index (χ1v) is 14.1. The van der Waals surface area contributed by atoms with Crippen molar-refractivity contribution in [2.45, 2.75) is 121 Å². The van der Waals surface area contributed by atoms with E-state index in [4.69, 9.17) is 5.73 Å². The van der Waals surface area contributed by atoms with Gasteiger partial charge in [0.05, 0.1) is 5.92 Å². The summed E-state index contributed by atoms with van der Waals surface area (Å²) in [7, 11) is 0. The monoisotopic (exact) mass is 688 g/mol. The largest absolute Gasteiger partial charge is 0.481 e. The van der Waals surface area contributed by atoms with Gasteiger partial charge < -0.3 is 29.8 Å². The smallest absolute Gasteiger partial charge is 0.306 e. The molecule has 2 radical (unpaired) electrons. The molecule has 0 saturated heterocycles. The Kier molecular flexibility index (Phi) is 27.8. The number of carboxylic acids is 1. The molecule has 0 amide bonds. The molecule has 0 bridgehead atoms. The van der Waals surface area contributed by atoms with Gasteiger partial charge >= 0.3 is 5.97 Å². The molecular weight excluding hydrogens is 626 g/mol. The maximum Gasteiger partial charge on any atom is 0.306 e. The summed E-state index contributed by atoms with van der Waals surface area (Å²) in [5.41, 5.74) is 5.55. The molecule has 0 aromatic carbocycles. The molecule has 0 aromatic rings. The van der Waals surface area contributed by atoms with Gasteiger partial charge in [0.1, 0.15) is 5.78 Å². The zero-order valence-corrected chi connectivity index (χ0v) is 32.4. The molecule has 2 aliphatic rings. The van der Waals surface area contributed by atoms with Crippen LogP contribution in [0, 0.1) is 59.2 Å². The minimum atomic E-state index is -0.600. The third-order valence-electron chi connectivity index (χ3n) is 8.25. The fourth-order valence-electron chi connectivity index (χ4n) is 5.91. The summed E-state index contributed by atoms with van der Waals surface area (Å²) in [5.74, 6) is 2.23. The van der Waals surface area contributed by atoms with Crippen LogP contribution in [0.2, 0.25) is 0 Å². The molecule has 4 unspecified atom stereocenters. The van der Waals surface area contributed by atoms with Gasteiger partial charge in [0.15, 0.2) is 0 Å². The first-order valence-electron chi connectivity index (χ1n) is 14.1. The summed E-state index contributed by atoms with van der Waals surface area (Å²) in [6.07, 6.45) is 12.4. The number of hydrogen-bond donors (Lipinski definition) is 3. The van der Waals surface area contributed by atoms with Gasteiger partial charge in [-0.3, -0.25) is 9.59 Å². The fraction of sp³-hybridized carbons (Fsp3) is 0.871. The standard InChI is InChI=1S/C16H29O.C12H22O2.C3H8N.H3N.2Y/c1-6-7-8-15(17)14-11-16(4,5)10-9-13(14)12(2)3;1-8(2)9-5-6-12(3,4)7-10(9)11(13)14;1-2-3-4;;;/h6,12-14H,7-11H2,1-5H3;8-10H,5-7H2,1-4H3,(H,13,14);2H,3-4H2,1H3;1H3;;/q-1;;-1;;;. The molecule has 7 heteroatoms. The molecule has 2 rings (SSSR count).